The zero-order chi connectivity index (χ0) is 15.0. The number of hydrogen-bond donors (Lipinski definition) is 6. The fourth-order valence-corrected chi connectivity index (χ4v) is 1.95. The zero-order valence-electron chi connectivity index (χ0n) is 10.0. The molecule has 19 heavy (non-hydrogen) atoms. The van der Waals surface area contributed by atoms with Crippen molar-refractivity contribution in [1.29, 1.82) is 0 Å². The van der Waals surface area contributed by atoms with Gasteiger partial charge in [0.1, 0.15) is 12.2 Å². The van der Waals surface area contributed by atoms with Crippen LogP contribution in [0, 0.1) is 5.92 Å². The van der Waals surface area contributed by atoms with Gasteiger partial charge in [0.2, 0.25) is 0 Å². The van der Waals surface area contributed by atoms with Gasteiger partial charge in [0.25, 0.3) is 0 Å². The van der Waals surface area contributed by atoms with Crippen LogP contribution in [-0.4, -0.2) is 79.6 Å². The highest BCUT2D eigenvalue weighted by atomic mass is 19.1. The van der Waals surface area contributed by atoms with Gasteiger partial charge in [-0.2, -0.15) is 0 Å². The Hall–Kier alpha value is -0.840. The van der Waals surface area contributed by atoms with E-state index in [0.29, 0.717) is 0 Å². The van der Waals surface area contributed by atoms with Crippen LogP contribution in [0.1, 0.15) is 6.92 Å². The second-order valence-electron chi connectivity index (χ2n) is 4.58. The van der Waals surface area contributed by atoms with E-state index in [9.17, 15) is 29.6 Å². The molecule has 8 nitrogen and oxygen atoms in total. The van der Waals surface area contributed by atoms with Crippen molar-refractivity contribution in [3.05, 3.63) is 0 Å². The molecule has 0 spiro atoms. The first kappa shape index (κ1) is 16.2. The van der Waals surface area contributed by atoms with Gasteiger partial charge in [0, 0.05) is 5.92 Å². The summed E-state index contributed by atoms with van der Waals surface area (Å²) in [4.78, 5) is 10.8. The lowest BCUT2D eigenvalue weighted by Crippen LogP contribution is -2.66. The van der Waals surface area contributed by atoms with Gasteiger partial charge in [0.15, 0.2) is 6.17 Å². The molecule has 1 aliphatic rings. The SMILES string of the molecule is C[C@H]1C([C@H](O)[C@H](O)CO)O[C@@](O)(C(=O)O)C(F)[C@H]1O. The highest BCUT2D eigenvalue weighted by Gasteiger charge is 2.59. The topological polar surface area (TPSA) is 148 Å². The Morgan fingerprint density at radius 2 is 2.00 bits per heavy atom. The molecule has 0 aromatic heterocycles. The second-order valence-corrected chi connectivity index (χ2v) is 4.58. The summed E-state index contributed by atoms with van der Waals surface area (Å²) in [5, 5.41) is 55.5. The number of aliphatic carboxylic acids is 1. The van der Waals surface area contributed by atoms with Crippen LogP contribution in [0.2, 0.25) is 0 Å². The maximum atomic E-state index is 13.6. The van der Waals surface area contributed by atoms with Crippen LogP contribution in [0.25, 0.3) is 0 Å². The van der Waals surface area contributed by atoms with E-state index >= 15 is 0 Å². The van der Waals surface area contributed by atoms with Crippen LogP contribution in [-0.2, 0) is 9.53 Å². The Morgan fingerprint density at radius 1 is 1.47 bits per heavy atom. The van der Waals surface area contributed by atoms with Crippen LogP contribution < -0.4 is 0 Å². The smallest absolute Gasteiger partial charge is 0.367 e. The zero-order valence-corrected chi connectivity index (χ0v) is 10.0. The van der Waals surface area contributed by atoms with Gasteiger partial charge in [-0.1, -0.05) is 6.92 Å². The molecule has 1 heterocycles. The molecule has 0 bridgehead atoms. The van der Waals surface area contributed by atoms with Gasteiger partial charge in [-0.25, -0.2) is 9.18 Å². The lowest BCUT2D eigenvalue weighted by atomic mass is 9.83. The number of aliphatic hydroxyl groups excluding tert-OH is 4. The summed E-state index contributed by atoms with van der Waals surface area (Å²) in [6.45, 7) is 0.394. The van der Waals surface area contributed by atoms with E-state index in [1.807, 2.05) is 0 Å². The van der Waals surface area contributed by atoms with E-state index in [-0.39, 0.29) is 0 Å². The van der Waals surface area contributed by atoms with Crippen molar-refractivity contribution in [3.63, 3.8) is 0 Å². The first-order valence-electron chi connectivity index (χ1n) is 5.59. The molecule has 1 rings (SSSR count). The minimum atomic E-state index is -3.33. The summed E-state index contributed by atoms with van der Waals surface area (Å²) >= 11 is 0. The minimum absolute atomic E-state index is 0.853. The van der Waals surface area contributed by atoms with Crippen LogP contribution >= 0.6 is 0 Å². The predicted molar refractivity (Wildman–Crippen MR) is 56.6 cm³/mol. The lowest BCUT2D eigenvalue weighted by Gasteiger charge is -2.45. The Kier molecular flexibility index (Phi) is 4.82. The third kappa shape index (κ3) is 2.71. The summed E-state index contributed by atoms with van der Waals surface area (Å²) < 4.78 is 18.3. The van der Waals surface area contributed by atoms with E-state index in [2.05, 4.69) is 4.74 Å². The molecule has 2 unspecified atom stereocenters. The molecule has 9 heteroatoms. The van der Waals surface area contributed by atoms with Crippen LogP contribution in [0.3, 0.4) is 0 Å². The van der Waals surface area contributed by atoms with E-state index in [1.54, 1.807) is 0 Å². The van der Waals surface area contributed by atoms with E-state index in [0.717, 1.165) is 0 Å². The van der Waals surface area contributed by atoms with Crippen molar-refractivity contribution in [3.8, 4) is 0 Å². The van der Waals surface area contributed by atoms with Crippen molar-refractivity contribution in [2.24, 2.45) is 5.92 Å². The van der Waals surface area contributed by atoms with Crippen LogP contribution in [0.15, 0.2) is 0 Å². The molecule has 7 atom stereocenters. The number of rotatable bonds is 4. The Bertz CT molecular complexity index is 335. The number of halogens is 1. The number of carboxylic acids is 1. The summed E-state index contributed by atoms with van der Waals surface area (Å²) in [6, 6.07) is 0. The van der Waals surface area contributed by atoms with Crippen molar-refractivity contribution in [2.75, 3.05) is 6.61 Å². The predicted octanol–water partition coefficient (Wildman–Crippen LogP) is -2.79. The summed E-state index contributed by atoms with van der Waals surface area (Å²) in [7, 11) is 0. The van der Waals surface area contributed by atoms with E-state index in [4.69, 9.17) is 10.2 Å². The monoisotopic (exact) mass is 284 g/mol. The van der Waals surface area contributed by atoms with Gasteiger partial charge in [0.05, 0.1) is 18.8 Å². The molecule has 0 aromatic rings. The third-order valence-corrected chi connectivity index (χ3v) is 3.27. The highest BCUT2D eigenvalue weighted by molar-refractivity contribution is 5.76. The van der Waals surface area contributed by atoms with E-state index < -0.39 is 54.9 Å². The first-order chi connectivity index (χ1) is 8.66. The fraction of sp³-hybridized carbons (Fsp3) is 0.900. The molecule has 1 fully saturated rings. The number of alkyl halides is 1. The Labute approximate surface area is 107 Å². The van der Waals surface area contributed by atoms with Gasteiger partial charge >= 0.3 is 11.8 Å². The first-order valence-corrected chi connectivity index (χ1v) is 5.59. The van der Waals surface area contributed by atoms with Crippen molar-refractivity contribution in [2.45, 2.75) is 43.3 Å². The van der Waals surface area contributed by atoms with Gasteiger partial charge in [-0.05, 0) is 0 Å². The number of ether oxygens (including phenoxy) is 1. The molecule has 0 aromatic carbocycles. The molecule has 0 amide bonds. The third-order valence-electron chi connectivity index (χ3n) is 3.27. The maximum Gasteiger partial charge on any atom is 0.367 e. The van der Waals surface area contributed by atoms with Crippen molar-refractivity contribution >= 4 is 5.97 Å². The standard InChI is InChI=1S/C10H17FO8/c1-3-5(14)8(11)10(18,9(16)17)19-7(3)6(15)4(13)2-12/h3-8,12-15,18H,2H2,1H3,(H,16,17)/t3-,4-,5+,6-,7?,8?,10-/m1/s1. The normalized spacial score (nSPS) is 42.7. The minimum Gasteiger partial charge on any atom is -0.477 e. The van der Waals surface area contributed by atoms with Gasteiger partial charge in [-0.3, -0.25) is 0 Å². The van der Waals surface area contributed by atoms with Crippen LogP contribution in [0.4, 0.5) is 4.39 Å². The Morgan fingerprint density at radius 3 is 2.42 bits per heavy atom. The number of aliphatic hydroxyl groups is 5. The highest BCUT2D eigenvalue weighted by Crippen LogP contribution is 2.35. The average Bonchev–Trinajstić information content (AvgIpc) is 2.38. The summed E-state index contributed by atoms with van der Waals surface area (Å²) in [5.74, 6) is -6.50. The van der Waals surface area contributed by atoms with Gasteiger partial charge in [-0.15, -0.1) is 0 Å². The molecule has 112 valence electrons. The van der Waals surface area contributed by atoms with Crippen molar-refractivity contribution in [1.82, 2.24) is 0 Å². The molecule has 6 N–H and O–H groups in total. The molecule has 0 radical (unpaired) electrons. The average molecular weight is 284 g/mol. The lowest BCUT2D eigenvalue weighted by molar-refractivity contribution is -0.327. The summed E-state index contributed by atoms with van der Waals surface area (Å²) in [6.07, 6.45) is -9.58. The largest absolute Gasteiger partial charge is 0.477 e. The quantitative estimate of drug-likeness (QED) is 0.324. The molecule has 0 saturated carbocycles. The second kappa shape index (κ2) is 5.65. The van der Waals surface area contributed by atoms with Crippen molar-refractivity contribution < 1.29 is 44.6 Å². The Balaban J connectivity index is 3.04. The van der Waals surface area contributed by atoms with Crippen LogP contribution in [0.5, 0.6) is 0 Å². The molecular weight excluding hydrogens is 267 g/mol. The van der Waals surface area contributed by atoms with Gasteiger partial charge < -0.3 is 35.4 Å². The fourth-order valence-electron chi connectivity index (χ4n) is 1.95. The van der Waals surface area contributed by atoms with E-state index in [1.165, 1.54) is 6.92 Å². The number of carbonyl (C=O) groups is 1. The number of hydrogen-bond acceptors (Lipinski definition) is 7. The molecule has 0 aliphatic carbocycles. The molecular formula is C10H17FO8. The summed E-state index contributed by atoms with van der Waals surface area (Å²) in [5.41, 5.74) is 0. The number of carboxylic acid groups (broad SMARTS) is 1. The maximum absolute atomic E-state index is 13.6. The molecule has 1 saturated heterocycles. The molecule has 1 aliphatic heterocycles.